The van der Waals surface area contributed by atoms with Crippen molar-refractivity contribution in [1.82, 2.24) is 19.9 Å². The molecule has 0 aliphatic heterocycles. The zero-order chi connectivity index (χ0) is 22.8. The Bertz CT molecular complexity index is 1360. The summed E-state index contributed by atoms with van der Waals surface area (Å²) < 4.78 is 7.14. The highest BCUT2D eigenvalue weighted by molar-refractivity contribution is 7.18. The molecule has 2 amide bonds. The summed E-state index contributed by atoms with van der Waals surface area (Å²) in [5.41, 5.74) is 1.40. The van der Waals surface area contributed by atoms with Gasteiger partial charge in [0.05, 0.1) is 18.3 Å². The minimum absolute atomic E-state index is 0.117. The summed E-state index contributed by atoms with van der Waals surface area (Å²) >= 11 is 2.78. The van der Waals surface area contributed by atoms with Crippen molar-refractivity contribution in [3.05, 3.63) is 50.4 Å². The van der Waals surface area contributed by atoms with Gasteiger partial charge < -0.3 is 15.1 Å². The molecule has 0 aromatic carbocycles. The van der Waals surface area contributed by atoms with E-state index in [2.05, 4.69) is 20.6 Å². The van der Waals surface area contributed by atoms with Gasteiger partial charge in [-0.1, -0.05) is 0 Å². The third-order valence-corrected chi connectivity index (χ3v) is 6.78. The third-order valence-electron chi connectivity index (χ3n) is 4.91. The van der Waals surface area contributed by atoms with Crippen molar-refractivity contribution in [2.45, 2.75) is 40.3 Å². The predicted molar refractivity (Wildman–Crippen MR) is 124 cm³/mol. The second kappa shape index (κ2) is 9.05. The van der Waals surface area contributed by atoms with E-state index >= 15 is 0 Å². The molecular weight excluding hydrogens is 450 g/mol. The monoisotopic (exact) mass is 471 g/mol. The Morgan fingerprint density at radius 1 is 1.25 bits per heavy atom. The number of nitrogens with zero attached hydrogens (tertiary/aromatic N) is 3. The van der Waals surface area contributed by atoms with Crippen LogP contribution < -0.4 is 16.2 Å². The number of amides is 2. The average molecular weight is 472 g/mol. The lowest BCUT2D eigenvalue weighted by atomic mass is 10.2. The van der Waals surface area contributed by atoms with Crippen LogP contribution in [0.15, 0.2) is 33.1 Å². The normalized spacial score (nSPS) is 11.1. The molecule has 166 valence electrons. The Hall–Kier alpha value is -3.31. The molecule has 4 heterocycles. The molecule has 4 rings (SSSR count). The van der Waals surface area contributed by atoms with Gasteiger partial charge >= 0.3 is 0 Å². The second-order valence-electron chi connectivity index (χ2n) is 7.22. The first-order valence-electron chi connectivity index (χ1n) is 9.86. The Labute approximate surface area is 191 Å². The SMILES string of the molecule is CC(=O)NCc1ccc(-c2csc(NC(=O)CCn3cnc4sc(C)c(C)c4c3=O)n2)o1. The molecule has 0 aliphatic carbocycles. The second-order valence-corrected chi connectivity index (χ2v) is 9.28. The van der Waals surface area contributed by atoms with Crippen molar-refractivity contribution in [3.8, 4) is 11.5 Å². The summed E-state index contributed by atoms with van der Waals surface area (Å²) in [7, 11) is 0. The fourth-order valence-electron chi connectivity index (χ4n) is 3.10. The van der Waals surface area contributed by atoms with Crippen LogP contribution in [-0.4, -0.2) is 26.3 Å². The number of hydrogen-bond acceptors (Lipinski definition) is 8. The van der Waals surface area contributed by atoms with Crippen LogP contribution >= 0.6 is 22.7 Å². The summed E-state index contributed by atoms with van der Waals surface area (Å²) in [6, 6.07) is 3.53. The van der Waals surface area contributed by atoms with Crippen molar-refractivity contribution >= 4 is 49.8 Å². The summed E-state index contributed by atoms with van der Waals surface area (Å²) in [5.74, 6) is 0.775. The number of thiophene rings is 1. The minimum Gasteiger partial charge on any atom is -0.458 e. The maximum atomic E-state index is 12.7. The van der Waals surface area contributed by atoms with Crippen LogP contribution in [0.2, 0.25) is 0 Å². The van der Waals surface area contributed by atoms with E-state index in [-0.39, 0.29) is 30.3 Å². The minimum atomic E-state index is -0.248. The van der Waals surface area contributed by atoms with Gasteiger partial charge in [0.1, 0.15) is 16.3 Å². The summed E-state index contributed by atoms with van der Waals surface area (Å²) in [5, 5.41) is 8.26. The number of aromatic nitrogens is 3. The van der Waals surface area contributed by atoms with Gasteiger partial charge in [-0.3, -0.25) is 19.0 Å². The Morgan fingerprint density at radius 2 is 2.06 bits per heavy atom. The van der Waals surface area contributed by atoms with Crippen molar-refractivity contribution in [2.24, 2.45) is 0 Å². The number of nitrogens with one attached hydrogen (secondary N) is 2. The zero-order valence-electron chi connectivity index (χ0n) is 17.7. The van der Waals surface area contributed by atoms with Gasteiger partial charge in [0.15, 0.2) is 10.9 Å². The van der Waals surface area contributed by atoms with Gasteiger partial charge in [0, 0.05) is 30.1 Å². The van der Waals surface area contributed by atoms with Crippen molar-refractivity contribution in [1.29, 1.82) is 0 Å². The van der Waals surface area contributed by atoms with Gasteiger partial charge in [0.2, 0.25) is 11.8 Å². The number of rotatable bonds is 7. The molecule has 0 atom stereocenters. The van der Waals surface area contributed by atoms with E-state index in [1.165, 1.54) is 40.5 Å². The summed E-state index contributed by atoms with van der Waals surface area (Å²) in [6.45, 7) is 5.84. The standard InChI is InChI=1S/C21H21N5O4S2/c1-11-12(2)32-19-18(11)20(29)26(10-23-19)7-6-17(28)25-21-24-15(9-31-21)16-5-4-14(30-16)8-22-13(3)27/h4-5,9-10H,6-8H2,1-3H3,(H,22,27)(H,24,25,28). The average Bonchev–Trinajstić information content (AvgIpc) is 3.46. The van der Waals surface area contributed by atoms with Gasteiger partial charge in [-0.2, -0.15) is 0 Å². The first-order chi connectivity index (χ1) is 15.3. The molecule has 0 aliphatic rings. The van der Waals surface area contributed by atoms with Crippen LogP contribution in [0.4, 0.5) is 5.13 Å². The number of carbonyl (C=O) groups is 2. The van der Waals surface area contributed by atoms with Gasteiger partial charge in [0.25, 0.3) is 5.56 Å². The molecule has 0 saturated heterocycles. The lowest BCUT2D eigenvalue weighted by Crippen LogP contribution is -2.23. The first-order valence-corrected chi connectivity index (χ1v) is 11.6. The van der Waals surface area contributed by atoms with Crippen molar-refractivity contribution in [3.63, 3.8) is 0 Å². The first kappa shape index (κ1) is 21.9. The van der Waals surface area contributed by atoms with E-state index in [0.717, 1.165) is 15.3 Å². The van der Waals surface area contributed by atoms with Crippen LogP contribution in [0.25, 0.3) is 21.7 Å². The van der Waals surface area contributed by atoms with E-state index in [1.807, 2.05) is 13.8 Å². The van der Waals surface area contributed by atoms with E-state index in [0.29, 0.717) is 34.3 Å². The van der Waals surface area contributed by atoms with E-state index in [1.54, 1.807) is 17.5 Å². The van der Waals surface area contributed by atoms with Crippen molar-refractivity contribution in [2.75, 3.05) is 5.32 Å². The van der Waals surface area contributed by atoms with Crippen molar-refractivity contribution < 1.29 is 14.0 Å². The molecular formula is C21H21N5O4S2. The Kier molecular flexibility index (Phi) is 6.19. The molecule has 2 N–H and O–H groups in total. The highest BCUT2D eigenvalue weighted by Gasteiger charge is 2.14. The maximum absolute atomic E-state index is 12.7. The van der Waals surface area contributed by atoms with E-state index in [9.17, 15) is 14.4 Å². The predicted octanol–water partition coefficient (Wildman–Crippen LogP) is 3.46. The van der Waals surface area contributed by atoms with E-state index < -0.39 is 0 Å². The van der Waals surface area contributed by atoms with Gasteiger partial charge in [-0.25, -0.2) is 9.97 Å². The number of carbonyl (C=O) groups excluding carboxylic acids is 2. The smallest absolute Gasteiger partial charge is 0.262 e. The largest absolute Gasteiger partial charge is 0.458 e. The fourth-order valence-corrected chi connectivity index (χ4v) is 4.80. The highest BCUT2D eigenvalue weighted by atomic mass is 32.1. The third kappa shape index (κ3) is 4.63. The Morgan fingerprint density at radius 3 is 2.84 bits per heavy atom. The summed E-state index contributed by atoms with van der Waals surface area (Å²) in [4.78, 5) is 46.7. The lowest BCUT2D eigenvalue weighted by Gasteiger charge is -2.05. The van der Waals surface area contributed by atoms with Gasteiger partial charge in [-0.05, 0) is 31.5 Å². The molecule has 0 saturated carbocycles. The number of thiazole rings is 1. The molecule has 0 spiro atoms. The number of furan rings is 1. The molecule has 4 aromatic rings. The molecule has 11 heteroatoms. The van der Waals surface area contributed by atoms with E-state index in [4.69, 9.17) is 4.42 Å². The fraction of sp³-hybridized carbons (Fsp3) is 0.286. The maximum Gasteiger partial charge on any atom is 0.262 e. The lowest BCUT2D eigenvalue weighted by molar-refractivity contribution is -0.119. The summed E-state index contributed by atoms with van der Waals surface area (Å²) in [6.07, 6.45) is 1.61. The topological polar surface area (TPSA) is 119 Å². The van der Waals surface area contributed by atoms with Crippen LogP contribution in [-0.2, 0) is 22.7 Å². The molecule has 0 fully saturated rings. The Balaban J connectivity index is 1.37. The number of aryl methyl sites for hydroxylation is 3. The number of hydrogen-bond donors (Lipinski definition) is 2. The van der Waals surface area contributed by atoms with Crippen LogP contribution in [0.5, 0.6) is 0 Å². The molecule has 32 heavy (non-hydrogen) atoms. The molecule has 0 bridgehead atoms. The quantitative estimate of drug-likeness (QED) is 0.426. The number of anilines is 1. The van der Waals surface area contributed by atoms with Gasteiger partial charge in [-0.15, -0.1) is 22.7 Å². The molecule has 0 radical (unpaired) electrons. The molecule has 4 aromatic heterocycles. The highest BCUT2D eigenvalue weighted by Crippen LogP contribution is 2.27. The molecule has 9 nitrogen and oxygen atoms in total. The van der Waals surface area contributed by atoms with Crippen LogP contribution in [0, 0.1) is 13.8 Å². The van der Waals surface area contributed by atoms with Crippen LogP contribution in [0.1, 0.15) is 29.5 Å². The number of fused-ring (bicyclic) bond motifs is 1. The zero-order valence-corrected chi connectivity index (χ0v) is 19.4. The molecule has 0 unspecified atom stereocenters. The van der Waals surface area contributed by atoms with Crippen LogP contribution in [0.3, 0.4) is 0 Å².